The molecule has 22 heavy (non-hydrogen) atoms. The number of carbonyl (C=O) groups is 2. The predicted octanol–water partition coefficient (Wildman–Crippen LogP) is 2.48. The van der Waals surface area contributed by atoms with Gasteiger partial charge in [-0.25, -0.2) is 4.79 Å². The number of carboxylic acid groups (broad SMARTS) is 1. The zero-order valence-corrected chi connectivity index (χ0v) is 11.4. The van der Waals surface area contributed by atoms with Crippen molar-refractivity contribution in [2.75, 3.05) is 5.32 Å². The first-order valence-electron chi connectivity index (χ1n) is 6.51. The van der Waals surface area contributed by atoms with E-state index in [1.165, 1.54) is 6.08 Å². The Morgan fingerprint density at radius 1 is 1.27 bits per heavy atom. The van der Waals surface area contributed by atoms with E-state index < -0.39 is 5.97 Å². The topological polar surface area (TPSA) is 91.4 Å². The Labute approximate surface area is 125 Å². The lowest BCUT2D eigenvalue weighted by Gasteiger charge is -2.19. The summed E-state index contributed by atoms with van der Waals surface area (Å²) in [5, 5.41) is 11.3. The van der Waals surface area contributed by atoms with Crippen molar-refractivity contribution >= 4 is 29.7 Å². The lowest BCUT2D eigenvalue weighted by atomic mass is 10.2. The SMILES string of the molecule is O=C(O)/C=C/c1c[nH]c(/C=C2\Oc3ccccc3NC2=O)c1. The molecular formula is C16H12N2O4. The molecule has 6 nitrogen and oxygen atoms in total. The van der Waals surface area contributed by atoms with Crippen molar-refractivity contribution in [3.63, 3.8) is 0 Å². The van der Waals surface area contributed by atoms with E-state index in [1.54, 1.807) is 30.5 Å². The minimum atomic E-state index is -1.02. The zero-order valence-electron chi connectivity index (χ0n) is 11.4. The van der Waals surface area contributed by atoms with Gasteiger partial charge < -0.3 is 20.1 Å². The lowest BCUT2D eigenvalue weighted by molar-refractivity contribution is -0.131. The van der Waals surface area contributed by atoms with Crippen molar-refractivity contribution in [2.45, 2.75) is 0 Å². The smallest absolute Gasteiger partial charge is 0.328 e. The highest BCUT2D eigenvalue weighted by Crippen LogP contribution is 2.30. The van der Waals surface area contributed by atoms with Gasteiger partial charge in [0.15, 0.2) is 11.5 Å². The van der Waals surface area contributed by atoms with Crippen LogP contribution in [0.25, 0.3) is 12.2 Å². The van der Waals surface area contributed by atoms with Crippen LogP contribution < -0.4 is 10.1 Å². The summed E-state index contributed by atoms with van der Waals surface area (Å²) in [6, 6.07) is 8.86. The average Bonchev–Trinajstić information content (AvgIpc) is 2.93. The Morgan fingerprint density at radius 2 is 2.09 bits per heavy atom. The molecule has 0 fully saturated rings. The molecule has 0 aliphatic carbocycles. The summed E-state index contributed by atoms with van der Waals surface area (Å²) in [4.78, 5) is 25.4. The van der Waals surface area contributed by atoms with Crippen LogP contribution >= 0.6 is 0 Å². The Kier molecular flexibility index (Phi) is 3.49. The number of para-hydroxylation sites is 2. The van der Waals surface area contributed by atoms with Crippen LogP contribution in [0.15, 0.2) is 48.4 Å². The first kappa shape index (κ1) is 13.7. The number of aromatic nitrogens is 1. The second kappa shape index (κ2) is 5.61. The van der Waals surface area contributed by atoms with Crippen LogP contribution in [0.3, 0.4) is 0 Å². The van der Waals surface area contributed by atoms with Gasteiger partial charge in [-0.2, -0.15) is 0 Å². The van der Waals surface area contributed by atoms with E-state index in [2.05, 4.69) is 10.3 Å². The van der Waals surface area contributed by atoms with Crippen LogP contribution in [-0.4, -0.2) is 22.0 Å². The van der Waals surface area contributed by atoms with Gasteiger partial charge in [0, 0.05) is 24.0 Å². The molecule has 0 bridgehead atoms. The molecule has 6 heteroatoms. The number of aromatic amines is 1. The number of H-pyrrole nitrogens is 1. The number of rotatable bonds is 3. The molecule has 0 saturated heterocycles. The zero-order chi connectivity index (χ0) is 15.5. The van der Waals surface area contributed by atoms with Crippen molar-refractivity contribution in [1.29, 1.82) is 0 Å². The van der Waals surface area contributed by atoms with Crippen LogP contribution in [0.5, 0.6) is 5.75 Å². The number of nitrogens with one attached hydrogen (secondary N) is 2. The number of aliphatic carboxylic acids is 1. The number of benzene rings is 1. The van der Waals surface area contributed by atoms with E-state index in [0.717, 1.165) is 6.08 Å². The Bertz CT molecular complexity index is 802. The van der Waals surface area contributed by atoms with Crippen molar-refractivity contribution in [1.82, 2.24) is 4.98 Å². The minimum Gasteiger partial charge on any atom is -0.478 e. The third-order valence-electron chi connectivity index (χ3n) is 3.01. The summed E-state index contributed by atoms with van der Waals surface area (Å²) < 4.78 is 5.57. The number of hydrogen-bond donors (Lipinski definition) is 3. The molecule has 2 heterocycles. The molecular weight excluding hydrogens is 284 g/mol. The number of hydrogen-bond acceptors (Lipinski definition) is 3. The molecule has 110 valence electrons. The van der Waals surface area contributed by atoms with Crippen molar-refractivity contribution in [3.8, 4) is 5.75 Å². The fourth-order valence-electron chi connectivity index (χ4n) is 2.02. The number of fused-ring (bicyclic) bond motifs is 1. The summed E-state index contributed by atoms with van der Waals surface area (Å²) in [7, 11) is 0. The molecule has 0 unspecified atom stereocenters. The molecule has 3 rings (SSSR count). The van der Waals surface area contributed by atoms with Crippen molar-refractivity contribution in [2.24, 2.45) is 0 Å². The van der Waals surface area contributed by atoms with Gasteiger partial charge in [-0.3, -0.25) is 4.79 Å². The van der Waals surface area contributed by atoms with E-state index in [-0.39, 0.29) is 11.7 Å². The average molecular weight is 296 g/mol. The summed E-state index contributed by atoms with van der Waals surface area (Å²) in [6.07, 6.45) is 5.70. The quantitative estimate of drug-likeness (QED) is 0.759. The molecule has 1 aliphatic rings. The van der Waals surface area contributed by atoms with Gasteiger partial charge in [0.2, 0.25) is 0 Å². The molecule has 0 saturated carbocycles. The molecule has 0 spiro atoms. The minimum absolute atomic E-state index is 0.161. The summed E-state index contributed by atoms with van der Waals surface area (Å²) in [6.45, 7) is 0. The Balaban J connectivity index is 1.84. The maximum absolute atomic E-state index is 12.0. The van der Waals surface area contributed by atoms with Crippen LogP contribution in [0.4, 0.5) is 5.69 Å². The first-order valence-corrected chi connectivity index (χ1v) is 6.51. The number of carboxylic acids is 1. The van der Waals surface area contributed by atoms with E-state index >= 15 is 0 Å². The van der Waals surface area contributed by atoms with Gasteiger partial charge in [0.25, 0.3) is 5.91 Å². The van der Waals surface area contributed by atoms with E-state index in [1.807, 2.05) is 12.1 Å². The summed E-state index contributed by atoms with van der Waals surface area (Å²) in [5.41, 5.74) is 1.95. The largest absolute Gasteiger partial charge is 0.478 e. The van der Waals surface area contributed by atoms with Crippen LogP contribution in [0, 0.1) is 0 Å². The molecule has 3 N–H and O–H groups in total. The summed E-state index contributed by atoms with van der Waals surface area (Å²) in [5.74, 6) is -0.621. The van der Waals surface area contributed by atoms with Gasteiger partial charge in [-0.15, -0.1) is 0 Å². The maximum Gasteiger partial charge on any atom is 0.328 e. The molecule has 1 aromatic heterocycles. The molecule has 1 aromatic carbocycles. The molecule has 1 aliphatic heterocycles. The fourth-order valence-corrected chi connectivity index (χ4v) is 2.02. The standard InChI is InChI=1S/C16H12N2O4/c19-15(20)6-5-10-7-11(17-9-10)8-14-16(21)18-12-3-1-2-4-13(12)22-14/h1-9,17H,(H,18,21)(H,19,20)/b6-5+,14-8-. The van der Waals surface area contributed by atoms with Crippen molar-refractivity contribution < 1.29 is 19.4 Å². The number of anilines is 1. The Morgan fingerprint density at radius 3 is 2.91 bits per heavy atom. The fraction of sp³-hybridized carbons (Fsp3) is 0. The highest BCUT2D eigenvalue weighted by Gasteiger charge is 2.21. The molecule has 0 radical (unpaired) electrons. The van der Waals surface area contributed by atoms with Gasteiger partial charge in [-0.05, 0) is 29.8 Å². The number of carbonyl (C=O) groups excluding carboxylic acids is 1. The molecule has 2 aromatic rings. The predicted molar refractivity (Wildman–Crippen MR) is 81.1 cm³/mol. The van der Waals surface area contributed by atoms with Gasteiger partial charge >= 0.3 is 5.97 Å². The van der Waals surface area contributed by atoms with E-state index in [4.69, 9.17) is 9.84 Å². The monoisotopic (exact) mass is 296 g/mol. The third kappa shape index (κ3) is 2.90. The lowest BCUT2D eigenvalue weighted by Crippen LogP contribution is -2.23. The van der Waals surface area contributed by atoms with E-state index in [9.17, 15) is 9.59 Å². The third-order valence-corrected chi connectivity index (χ3v) is 3.01. The summed E-state index contributed by atoms with van der Waals surface area (Å²) >= 11 is 0. The van der Waals surface area contributed by atoms with Crippen LogP contribution in [-0.2, 0) is 9.59 Å². The van der Waals surface area contributed by atoms with Gasteiger partial charge in [0.05, 0.1) is 5.69 Å². The Hall–Kier alpha value is -3.28. The highest BCUT2D eigenvalue weighted by atomic mass is 16.5. The van der Waals surface area contributed by atoms with Gasteiger partial charge in [-0.1, -0.05) is 12.1 Å². The maximum atomic E-state index is 12.0. The highest BCUT2D eigenvalue weighted by molar-refractivity contribution is 6.08. The second-order valence-corrected chi connectivity index (χ2v) is 4.62. The molecule has 0 atom stereocenters. The van der Waals surface area contributed by atoms with Crippen molar-refractivity contribution in [3.05, 3.63) is 59.6 Å². The van der Waals surface area contributed by atoms with E-state index in [0.29, 0.717) is 22.7 Å². The number of amides is 1. The normalized spacial score (nSPS) is 15.5. The van der Waals surface area contributed by atoms with Crippen LogP contribution in [0.1, 0.15) is 11.3 Å². The van der Waals surface area contributed by atoms with Gasteiger partial charge in [0.1, 0.15) is 0 Å². The first-order chi connectivity index (χ1) is 10.6. The van der Waals surface area contributed by atoms with Crippen LogP contribution in [0.2, 0.25) is 0 Å². The second-order valence-electron chi connectivity index (χ2n) is 4.62. The number of ether oxygens (including phenoxy) is 1. The molecule has 1 amide bonds.